The lowest BCUT2D eigenvalue weighted by atomic mass is 10.2. The molecule has 0 aromatic carbocycles. The van der Waals surface area contributed by atoms with Gasteiger partial charge in [-0.2, -0.15) is 0 Å². The fraction of sp³-hybridized carbons (Fsp3) is 0.700. The monoisotopic (exact) mass is 264 g/mol. The van der Waals surface area contributed by atoms with Gasteiger partial charge in [0.05, 0.1) is 13.2 Å². The van der Waals surface area contributed by atoms with Gasteiger partial charge in [0.2, 0.25) is 5.76 Å². The number of aliphatic hydroxyl groups is 4. The quantitative estimate of drug-likeness (QED) is 0.391. The van der Waals surface area contributed by atoms with Gasteiger partial charge in [-0.3, -0.25) is 0 Å². The summed E-state index contributed by atoms with van der Waals surface area (Å²) in [5, 5.41) is 36.9. The number of carbonyl (C=O) groups is 1. The van der Waals surface area contributed by atoms with Crippen molar-refractivity contribution in [3.63, 3.8) is 0 Å². The first-order valence-electron chi connectivity index (χ1n) is 5.24. The number of esters is 1. The van der Waals surface area contributed by atoms with Gasteiger partial charge in [0.15, 0.2) is 11.9 Å². The van der Waals surface area contributed by atoms with Crippen LogP contribution in [0, 0.1) is 0 Å². The van der Waals surface area contributed by atoms with E-state index < -0.39 is 36.6 Å². The second kappa shape index (κ2) is 6.55. The molecule has 0 aliphatic carbocycles. The van der Waals surface area contributed by atoms with E-state index in [2.05, 4.69) is 9.47 Å². The predicted octanol–water partition coefficient (Wildman–Crippen LogP) is -1.94. The maximum absolute atomic E-state index is 11.1. The summed E-state index contributed by atoms with van der Waals surface area (Å²) in [7, 11) is 1.39. The molecular formula is C10H16O8. The largest absolute Gasteiger partial charge is 0.499 e. The van der Waals surface area contributed by atoms with Crippen LogP contribution in [0.4, 0.5) is 0 Å². The fourth-order valence-corrected chi connectivity index (χ4v) is 1.39. The Morgan fingerprint density at radius 1 is 1.39 bits per heavy atom. The highest BCUT2D eigenvalue weighted by molar-refractivity contribution is 5.89. The highest BCUT2D eigenvalue weighted by Gasteiger charge is 2.40. The summed E-state index contributed by atoms with van der Waals surface area (Å²) in [6.07, 6.45) is -3.65. The molecule has 0 fully saturated rings. The molecule has 1 unspecified atom stereocenters. The maximum Gasteiger partial charge on any atom is 0.378 e. The number of cyclic esters (lactones) is 1. The average molecular weight is 264 g/mol. The SMILES string of the molecule is COCC(O)COC1=C(O)C(=O)O[C@@H]1[C@@H](O)CO. The molecule has 8 heteroatoms. The van der Waals surface area contributed by atoms with Crippen LogP contribution >= 0.6 is 0 Å². The summed E-state index contributed by atoms with van der Waals surface area (Å²) >= 11 is 0. The number of carbonyl (C=O) groups excluding carboxylic acids is 1. The predicted molar refractivity (Wildman–Crippen MR) is 56.5 cm³/mol. The highest BCUT2D eigenvalue weighted by Crippen LogP contribution is 2.24. The number of hydrogen-bond donors (Lipinski definition) is 4. The van der Waals surface area contributed by atoms with E-state index in [-0.39, 0.29) is 19.0 Å². The molecule has 4 N–H and O–H groups in total. The van der Waals surface area contributed by atoms with Crippen LogP contribution < -0.4 is 0 Å². The molecule has 18 heavy (non-hydrogen) atoms. The fourth-order valence-electron chi connectivity index (χ4n) is 1.39. The zero-order valence-corrected chi connectivity index (χ0v) is 9.78. The second-order valence-corrected chi connectivity index (χ2v) is 3.71. The van der Waals surface area contributed by atoms with Crippen LogP contribution in [0.3, 0.4) is 0 Å². The zero-order valence-electron chi connectivity index (χ0n) is 9.78. The first-order chi connectivity index (χ1) is 8.51. The third-order valence-corrected chi connectivity index (χ3v) is 2.25. The van der Waals surface area contributed by atoms with Crippen molar-refractivity contribution in [1.82, 2.24) is 0 Å². The van der Waals surface area contributed by atoms with Gasteiger partial charge in [-0.15, -0.1) is 0 Å². The first-order valence-corrected chi connectivity index (χ1v) is 5.24. The van der Waals surface area contributed by atoms with Crippen molar-refractivity contribution in [3.05, 3.63) is 11.5 Å². The second-order valence-electron chi connectivity index (χ2n) is 3.71. The number of methoxy groups -OCH3 is 1. The normalized spacial score (nSPS) is 22.9. The highest BCUT2D eigenvalue weighted by atomic mass is 16.6. The minimum absolute atomic E-state index is 0.00999. The lowest BCUT2D eigenvalue weighted by Crippen LogP contribution is -2.33. The maximum atomic E-state index is 11.1. The first kappa shape index (κ1) is 14.7. The molecule has 104 valence electrons. The Hall–Kier alpha value is -1.35. The minimum atomic E-state index is -1.41. The minimum Gasteiger partial charge on any atom is -0.499 e. The van der Waals surface area contributed by atoms with Crippen molar-refractivity contribution in [2.45, 2.75) is 18.3 Å². The van der Waals surface area contributed by atoms with Crippen molar-refractivity contribution < 1.29 is 39.4 Å². The van der Waals surface area contributed by atoms with Crippen molar-refractivity contribution in [3.8, 4) is 0 Å². The van der Waals surface area contributed by atoms with Gasteiger partial charge in [0, 0.05) is 7.11 Å². The van der Waals surface area contributed by atoms with Crippen molar-refractivity contribution in [2.24, 2.45) is 0 Å². The molecule has 0 spiro atoms. The van der Waals surface area contributed by atoms with Gasteiger partial charge in [0.1, 0.15) is 18.8 Å². The summed E-state index contributed by atoms with van der Waals surface area (Å²) in [5.41, 5.74) is 0. The Morgan fingerprint density at radius 3 is 2.61 bits per heavy atom. The third-order valence-electron chi connectivity index (χ3n) is 2.25. The molecule has 0 radical (unpaired) electrons. The molecule has 0 aromatic heterocycles. The molecular weight excluding hydrogens is 248 g/mol. The Bertz CT molecular complexity index is 326. The van der Waals surface area contributed by atoms with Gasteiger partial charge >= 0.3 is 5.97 Å². The van der Waals surface area contributed by atoms with Crippen LogP contribution in [-0.4, -0.2) is 71.6 Å². The Kier molecular flexibility index (Phi) is 5.35. The Balaban J connectivity index is 2.66. The molecule has 3 atom stereocenters. The molecule has 1 heterocycles. The van der Waals surface area contributed by atoms with E-state index in [0.717, 1.165) is 0 Å². The molecule has 0 aromatic rings. The molecule has 0 bridgehead atoms. The number of aliphatic hydroxyl groups excluding tert-OH is 4. The lowest BCUT2D eigenvalue weighted by molar-refractivity contribution is -0.148. The van der Waals surface area contributed by atoms with Crippen LogP contribution in [0.5, 0.6) is 0 Å². The lowest BCUT2D eigenvalue weighted by Gasteiger charge is -2.19. The summed E-state index contributed by atoms with van der Waals surface area (Å²) in [6, 6.07) is 0. The Morgan fingerprint density at radius 2 is 2.06 bits per heavy atom. The van der Waals surface area contributed by atoms with E-state index in [0.29, 0.717) is 0 Å². The number of hydrogen-bond acceptors (Lipinski definition) is 8. The van der Waals surface area contributed by atoms with Crippen LogP contribution in [0.15, 0.2) is 11.5 Å². The average Bonchev–Trinajstić information content (AvgIpc) is 2.63. The zero-order chi connectivity index (χ0) is 13.7. The van der Waals surface area contributed by atoms with Crippen molar-refractivity contribution >= 4 is 5.97 Å². The van der Waals surface area contributed by atoms with Gasteiger partial charge < -0.3 is 34.6 Å². The van der Waals surface area contributed by atoms with E-state index in [9.17, 15) is 20.1 Å². The standard InChI is InChI=1S/C10H16O8/c1-16-3-5(12)4-17-9-7(14)10(15)18-8(9)6(13)2-11/h5-6,8,11-14H,2-4H2,1H3/t5?,6-,8+/m0/s1. The summed E-state index contributed by atoms with van der Waals surface area (Å²) in [4.78, 5) is 11.1. The molecule has 0 amide bonds. The van der Waals surface area contributed by atoms with Crippen molar-refractivity contribution in [2.75, 3.05) is 26.9 Å². The van der Waals surface area contributed by atoms with E-state index in [4.69, 9.17) is 9.84 Å². The summed E-state index contributed by atoms with van der Waals surface area (Å²) < 4.78 is 14.3. The van der Waals surface area contributed by atoms with E-state index in [1.807, 2.05) is 0 Å². The van der Waals surface area contributed by atoms with Gasteiger partial charge in [-0.05, 0) is 0 Å². The van der Waals surface area contributed by atoms with Crippen LogP contribution in [0.25, 0.3) is 0 Å². The van der Waals surface area contributed by atoms with E-state index in [1.54, 1.807) is 0 Å². The van der Waals surface area contributed by atoms with Gasteiger partial charge in [-0.25, -0.2) is 4.79 Å². The molecule has 8 nitrogen and oxygen atoms in total. The van der Waals surface area contributed by atoms with Crippen LogP contribution in [-0.2, 0) is 19.0 Å². The number of rotatable bonds is 7. The summed E-state index contributed by atoms with van der Waals surface area (Å²) in [5.74, 6) is -2.14. The van der Waals surface area contributed by atoms with E-state index >= 15 is 0 Å². The van der Waals surface area contributed by atoms with E-state index in [1.165, 1.54) is 7.11 Å². The number of ether oxygens (including phenoxy) is 3. The summed E-state index contributed by atoms with van der Waals surface area (Å²) in [6.45, 7) is -0.909. The van der Waals surface area contributed by atoms with Gasteiger partial charge in [0.25, 0.3) is 0 Å². The topological polar surface area (TPSA) is 126 Å². The molecule has 1 aliphatic heterocycles. The van der Waals surface area contributed by atoms with Crippen LogP contribution in [0.2, 0.25) is 0 Å². The molecule has 0 saturated carbocycles. The molecule has 1 rings (SSSR count). The molecule has 1 aliphatic rings. The molecule has 0 saturated heterocycles. The van der Waals surface area contributed by atoms with Crippen LogP contribution in [0.1, 0.15) is 0 Å². The smallest absolute Gasteiger partial charge is 0.378 e. The van der Waals surface area contributed by atoms with Gasteiger partial charge in [-0.1, -0.05) is 0 Å². The Labute approximate surface area is 103 Å². The third kappa shape index (κ3) is 3.33. The van der Waals surface area contributed by atoms with Crippen molar-refractivity contribution in [1.29, 1.82) is 0 Å².